The number of carbonyl (C=O) groups is 1. The van der Waals surface area contributed by atoms with E-state index in [9.17, 15) is 9.90 Å². The molecule has 0 atom stereocenters. The first-order valence-electron chi connectivity index (χ1n) is 4.44. The summed E-state index contributed by atoms with van der Waals surface area (Å²) in [7, 11) is 0. The predicted octanol–water partition coefficient (Wildman–Crippen LogP) is 0.755. The van der Waals surface area contributed by atoms with Gasteiger partial charge in [-0.3, -0.25) is 4.79 Å². The molecule has 2 rings (SSSR count). The van der Waals surface area contributed by atoms with Crippen LogP contribution in [-0.4, -0.2) is 30.8 Å². The molecule has 1 N–H and O–H groups in total. The van der Waals surface area contributed by atoms with Gasteiger partial charge in [0.1, 0.15) is 12.4 Å². The van der Waals surface area contributed by atoms with E-state index in [4.69, 9.17) is 4.74 Å². The minimum absolute atomic E-state index is 0.0677. The second-order valence-corrected chi connectivity index (χ2v) is 3.12. The first-order chi connectivity index (χ1) is 6.77. The first kappa shape index (κ1) is 9.02. The monoisotopic (exact) mass is 193 g/mol. The molecule has 1 aliphatic rings. The van der Waals surface area contributed by atoms with Gasteiger partial charge in [0.2, 0.25) is 0 Å². The van der Waals surface area contributed by atoms with Crippen molar-refractivity contribution >= 4 is 11.6 Å². The van der Waals surface area contributed by atoms with Crippen LogP contribution in [-0.2, 0) is 9.53 Å². The molecule has 1 fully saturated rings. The third kappa shape index (κ3) is 1.70. The largest absolute Gasteiger partial charge is 0.508 e. The maximum Gasteiger partial charge on any atom is 0.253 e. The number of anilines is 1. The number of nitrogens with zero attached hydrogens (tertiary/aromatic N) is 1. The van der Waals surface area contributed by atoms with Crippen LogP contribution in [0.2, 0.25) is 0 Å². The summed E-state index contributed by atoms with van der Waals surface area (Å²) in [5.74, 6) is 0.101. The first-order valence-corrected chi connectivity index (χ1v) is 4.44. The van der Waals surface area contributed by atoms with Crippen molar-refractivity contribution in [1.29, 1.82) is 0 Å². The lowest BCUT2D eigenvalue weighted by atomic mass is 10.2. The summed E-state index contributed by atoms with van der Waals surface area (Å²) in [6.07, 6.45) is 0. The number of amides is 1. The zero-order chi connectivity index (χ0) is 9.97. The minimum Gasteiger partial charge on any atom is -0.508 e. The molecule has 4 nitrogen and oxygen atoms in total. The molecule has 0 saturated carbocycles. The van der Waals surface area contributed by atoms with Gasteiger partial charge in [0.25, 0.3) is 5.91 Å². The van der Waals surface area contributed by atoms with Crippen LogP contribution >= 0.6 is 0 Å². The van der Waals surface area contributed by atoms with E-state index in [1.807, 2.05) is 0 Å². The summed E-state index contributed by atoms with van der Waals surface area (Å²) in [5.41, 5.74) is 0.721. The number of aromatic hydroxyl groups is 1. The highest BCUT2D eigenvalue weighted by atomic mass is 16.5. The molecular weight excluding hydrogens is 182 g/mol. The highest BCUT2D eigenvalue weighted by Crippen LogP contribution is 2.21. The van der Waals surface area contributed by atoms with Gasteiger partial charge in [0.05, 0.1) is 6.61 Å². The fraction of sp³-hybridized carbons (Fsp3) is 0.300. The van der Waals surface area contributed by atoms with Crippen LogP contribution in [0.3, 0.4) is 0 Å². The van der Waals surface area contributed by atoms with Gasteiger partial charge in [-0.25, -0.2) is 0 Å². The summed E-state index contributed by atoms with van der Waals surface area (Å²) < 4.78 is 5.01. The Balaban J connectivity index is 2.24. The summed E-state index contributed by atoms with van der Waals surface area (Å²) in [6, 6.07) is 6.66. The average molecular weight is 193 g/mol. The van der Waals surface area contributed by atoms with Crippen LogP contribution in [0.15, 0.2) is 24.3 Å². The van der Waals surface area contributed by atoms with Crippen molar-refractivity contribution in [3.05, 3.63) is 24.3 Å². The van der Waals surface area contributed by atoms with Crippen molar-refractivity contribution < 1.29 is 14.6 Å². The van der Waals surface area contributed by atoms with Crippen molar-refractivity contribution in [3.63, 3.8) is 0 Å². The van der Waals surface area contributed by atoms with Gasteiger partial charge in [0.15, 0.2) is 0 Å². The normalized spacial score (nSPS) is 17.1. The van der Waals surface area contributed by atoms with E-state index in [0.29, 0.717) is 13.2 Å². The molecule has 0 spiro atoms. The van der Waals surface area contributed by atoms with Gasteiger partial charge >= 0.3 is 0 Å². The predicted molar refractivity (Wildman–Crippen MR) is 51.3 cm³/mol. The van der Waals surface area contributed by atoms with Crippen molar-refractivity contribution in [1.82, 2.24) is 0 Å². The van der Waals surface area contributed by atoms with Crippen LogP contribution in [0.25, 0.3) is 0 Å². The Morgan fingerprint density at radius 2 is 2.29 bits per heavy atom. The third-order valence-electron chi connectivity index (χ3n) is 2.13. The number of phenolic OH excluding ortho intramolecular Hbond substituents is 1. The molecule has 1 aromatic rings. The summed E-state index contributed by atoms with van der Waals surface area (Å²) in [4.78, 5) is 13.0. The summed E-state index contributed by atoms with van der Waals surface area (Å²) in [6.45, 7) is 1.21. The Morgan fingerprint density at radius 1 is 1.43 bits per heavy atom. The zero-order valence-corrected chi connectivity index (χ0v) is 7.64. The van der Waals surface area contributed by atoms with Crippen LogP contribution < -0.4 is 4.90 Å². The van der Waals surface area contributed by atoms with Crippen molar-refractivity contribution in [2.75, 3.05) is 24.7 Å². The molecule has 0 bridgehead atoms. The van der Waals surface area contributed by atoms with E-state index in [0.717, 1.165) is 5.69 Å². The number of phenols is 1. The van der Waals surface area contributed by atoms with Crippen LogP contribution in [0.5, 0.6) is 5.75 Å². The maximum absolute atomic E-state index is 11.4. The number of hydrogen-bond acceptors (Lipinski definition) is 3. The molecule has 0 unspecified atom stereocenters. The number of ether oxygens (including phenoxy) is 1. The van der Waals surface area contributed by atoms with Gasteiger partial charge in [-0.05, 0) is 12.1 Å². The third-order valence-corrected chi connectivity index (χ3v) is 2.13. The van der Waals surface area contributed by atoms with Crippen molar-refractivity contribution in [2.24, 2.45) is 0 Å². The molecule has 1 saturated heterocycles. The van der Waals surface area contributed by atoms with Gasteiger partial charge in [-0.1, -0.05) is 6.07 Å². The molecule has 0 aromatic heterocycles. The molecule has 1 aliphatic heterocycles. The van der Waals surface area contributed by atoms with E-state index in [-0.39, 0.29) is 18.3 Å². The Morgan fingerprint density at radius 3 is 3.00 bits per heavy atom. The highest BCUT2D eigenvalue weighted by molar-refractivity contribution is 5.94. The Kier molecular flexibility index (Phi) is 2.37. The zero-order valence-electron chi connectivity index (χ0n) is 7.64. The SMILES string of the molecule is O=C1COCCN1c1cccc(O)c1. The van der Waals surface area contributed by atoms with E-state index in [1.54, 1.807) is 29.2 Å². The fourth-order valence-electron chi connectivity index (χ4n) is 1.45. The van der Waals surface area contributed by atoms with E-state index in [1.165, 1.54) is 0 Å². The Bertz CT molecular complexity index is 351. The van der Waals surface area contributed by atoms with Crippen molar-refractivity contribution in [2.45, 2.75) is 0 Å². The van der Waals surface area contributed by atoms with Gasteiger partial charge in [0, 0.05) is 18.3 Å². The molecular formula is C10H11NO3. The number of hydrogen-bond donors (Lipinski definition) is 1. The molecule has 74 valence electrons. The Labute approximate surface area is 81.7 Å². The lowest BCUT2D eigenvalue weighted by Crippen LogP contribution is -2.41. The number of benzene rings is 1. The minimum atomic E-state index is -0.0677. The second kappa shape index (κ2) is 3.67. The van der Waals surface area contributed by atoms with E-state index < -0.39 is 0 Å². The summed E-state index contributed by atoms with van der Waals surface area (Å²) >= 11 is 0. The maximum atomic E-state index is 11.4. The molecule has 0 aliphatic carbocycles. The molecule has 1 aromatic carbocycles. The topological polar surface area (TPSA) is 49.8 Å². The molecule has 0 radical (unpaired) electrons. The summed E-state index contributed by atoms with van der Waals surface area (Å²) in [5, 5.41) is 9.26. The molecule has 14 heavy (non-hydrogen) atoms. The number of carbonyl (C=O) groups excluding carboxylic acids is 1. The fourth-order valence-corrected chi connectivity index (χ4v) is 1.45. The van der Waals surface area contributed by atoms with Crippen LogP contribution in [0.1, 0.15) is 0 Å². The smallest absolute Gasteiger partial charge is 0.253 e. The number of morpholine rings is 1. The molecule has 4 heteroatoms. The molecule has 1 heterocycles. The van der Waals surface area contributed by atoms with Gasteiger partial charge < -0.3 is 14.7 Å². The quantitative estimate of drug-likeness (QED) is 0.716. The molecule has 1 amide bonds. The lowest BCUT2D eigenvalue weighted by Gasteiger charge is -2.26. The number of rotatable bonds is 1. The average Bonchev–Trinajstić information content (AvgIpc) is 2.18. The van der Waals surface area contributed by atoms with Crippen LogP contribution in [0, 0.1) is 0 Å². The van der Waals surface area contributed by atoms with Crippen LogP contribution in [0.4, 0.5) is 5.69 Å². The standard InChI is InChI=1S/C10H11NO3/c12-9-3-1-2-8(6-9)11-4-5-14-7-10(11)13/h1-3,6,12H,4-5,7H2. The Hall–Kier alpha value is -1.55. The highest BCUT2D eigenvalue weighted by Gasteiger charge is 2.19. The second-order valence-electron chi connectivity index (χ2n) is 3.12. The van der Waals surface area contributed by atoms with Crippen molar-refractivity contribution in [3.8, 4) is 5.75 Å². The van der Waals surface area contributed by atoms with Gasteiger partial charge in [-0.2, -0.15) is 0 Å². The van der Waals surface area contributed by atoms with E-state index >= 15 is 0 Å². The lowest BCUT2D eigenvalue weighted by molar-refractivity contribution is -0.125. The van der Waals surface area contributed by atoms with Gasteiger partial charge in [-0.15, -0.1) is 0 Å². The van der Waals surface area contributed by atoms with E-state index in [2.05, 4.69) is 0 Å².